The van der Waals surface area contributed by atoms with Gasteiger partial charge in [0.25, 0.3) is 0 Å². The summed E-state index contributed by atoms with van der Waals surface area (Å²) in [5.74, 6) is 1.41. The van der Waals surface area contributed by atoms with Crippen molar-refractivity contribution in [1.29, 1.82) is 0 Å². The molecule has 3 rings (SSSR count). The summed E-state index contributed by atoms with van der Waals surface area (Å²) in [6.45, 7) is 1.75. The van der Waals surface area contributed by atoms with Gasteiger partial charge >= 0.3 is 0 Å². The minimum absolute atomic E-state index is 0.109. The number of benzene rings is 2. The highest BCUT2D eigenvalue weighted by atomic mass is 79.9. The molecule has 0 saturated carbocycles. The van der Waals surface area contributed by atoms with Crippen LogP contribution in [0.5, 0.6) is 11.5 Å². The Morgan fingerprint density at radius 3 is 1.33 bits per heavy atom. The SMILES string of the molecule is Cc1nc(Nc2cc(Br)c(O)c(Br)c2)nc(Nc2cc(Br)c(O)c(Br)c2)n1. The van der Waals surface area contributed by atoms with Gasteiger partial charge in [-0.1, -0.05) is 0 Å². The zero-order valence-corrected chi connectivity index (χ0v) is 19.9. The van der Waals surface area contributed by atoms with E-state index in [4.69, 9.17) is 0 Å². The Kier molecular flexibility index (Phi) is 6.24. The molecule has 0 saturated heterocycles. The number of nitrogens with zero attached hydrogens (tertiary/aromatic N) is 3. The van der Waals surface area contributed by atoms with E-state index in [2.05, 4.69) is 89.3 Å². The number of aromatic hydroxyl groups is 2. The fraction of sp³-hybridized carbons (Fsp3) is 0.0625. The number of phenolic OH excluding ortho intramolecular Hbond substituents is 2. The monoisotopic (exact) mass is 621 g/mol. The first-order valence-electron chi connectivity index (χ1n) is 7.35. The van der Waals surface area contributed by atoms with Gasteiger partial charge in [-0.25, -0.2) is 0 Å². The van der Waals surface area contributed by atoms with Crippen LogP contribution < -0.4 is 10.6 Å². The van der Waals surface area contributed by atoms with Crippen LogP contribution in [0.25, 0.3) is 0 Å². The quantitative estimate of drug-likeness (QED) is 0.259. The van der Waals surface area contributed by atoms with Crippen molar-refractivity contribution in [3.8, 4) is 11.5 Å². The van der Waals surface area contributed by atoms with Crippen molar-refractivity contribution in [3.05, 3.63) is 48.0 Å². The third-order valence-corrected chi connectivity index (χ3v) is 5.71. The zero-order chi connectivity index (χ0) is 19.7. The summed E-state index contributed by atoms with van der Waals surface area (Å²) in [4.78, 5) is 12.9. The number of nitrogens with one attached hydrogen (secondary N) is 2. The Hall–Kier alpha value is -1.43. The maximum Gasteiger partial charge on any atom is 0.232 e. The summed E-state index contributed by atoms with van der Waals surface area (Å²) in [6.07, 6.45) is 0. The van der Waals surface area contributed by atoms with Gasteiger partial charge in [0.2, 0.25) is 11.9 Å². The van der Waals surface area contributed by atoms with Gasteiger partial charge in [0, 0.05) is 11.4 Å². The fourth-order valence-electron chi connectivity index (χ4n) is 2.13. The molecule has 0 fully saturated rings. The van der Waals surface area contributed by atoms with E-state index in [1.165, 1.54) is 0 Å². The number of hydrogen-bond acceptors (Lipinski definition) is 7. The summed E-state index contributed by atoms with van der Waals surface area (Å²) >= 11 is 13.2. The molecule has 27 heavy (non-hydrogen) atoms. The smallest absolute Gasteiger partial charge is 0.232 e. The first kappa shape index (κ1) is 20.3. The van der Waals surface area contributed by atoms with Crippen LogP contribution in [0.4, 0.5) is 23.3 Å². The molecular weight excluding hydrogens is 614 g/mol. The van der Waals surface area contributed by atoms with Crippen molar-refractivity contribution in [3.63, 3.8) is 0 Å². The molecule has 0 unspecified atom stereocenters. The second kappa shape index (κ2) is 8.29. The maximum absolute atomic E-state index is 9.82. The van der Waals surface area contributed by atoms with Crippen LogP contribution in [0.15, 0.2) is 42.2 Å². The molecule has 0 radical (unpaired) electrons. The lowest BCUT2D eigenvalue weighted by Crippen LogP contribution is -2.05. The van der Waals surface area contributed by atoms with E-state index in [1.54, 1.807) is 31.2 Å². The average Bonchev–Trinajstić information content (AvgIpc) is 2.57. The van der Waals surface area contributed by atoms with Gasteiger partial charge in [0.05, 0.1) is 17.9 Å². The lowest BCUT2D eigenvalue weighted by molar-refractivity contribution is 0.468. The second-order valence-corrected chi connectivity index (χ2v) is 8.77. The van der Waals surface area contributed by atoms with E-state index in [0.717, 1.165) is 0 Å². The van der Waals surface area contributed by atoms with Crippen molar-refractivity contribution >= 4 is 87.0 Å². The minimum Gasteiger partial charge on any atom is -0.506 e. The predicted octanol–water partition coefficient (Wildman–Crippen LogP) is 6.13. The third-order valence-electron chi connectivity index (χ3n) is 3.29. The Morgan fingerprint density at radius 1 is 0.667 bits per heavy atom. The molecule has 0 spiro atoms. The van der Waals surface area contributed by atoms with Crippen LogP contribution in [0, 0.1) is 6.92 Å². The van der Waals surface area contributed by atoms with E-state index in [0.29, 0.717) is 47.0 Å². The summed E-state index contributed by atoms with van der Waals surface area (Å²) in [7, 11) is 0. The Bertz CT molecular complexity index is 908. The van der Waals surface area contributed by atoms with E-state index in [1.807, 2.05) is 0 Å². The maximum atomic E-state index is 9.82. The fourth-order valence-corrected chi connectivity index (χ4v) is 4.50. The van der Waals surface area contributed by atoms with E-state index in [-0.39, 0.29) is 11.5 Å². The highest BCUT2D eigenvalue weighted by Crippen LogP contribution is 2.37. The molecule has 0 atom stereocenters. The molecule has 3 aromatic rings. The molecule has 0 aliphatic rings. The van der Waals surface area contributed by atoms with Crippen LogP contribution in [0.3, 0.4) is 0 Å². The third kappa shape index (κ3) is 4.89. The van der Waals surface area contributed by atoms with Crippen molar-refractivity contribution in [2.45, 2.75) is 6.92 Å². The van der Waals surface area contributed by atoms with Crippen LogP contribution in [0.2, 0.25) is 0 Å². The number of rotatable bonds is 4. The van der Waals surface area contributed by atoms with Crippen molar-refractivity contribution in [2.24, 2.45) is 0 Å². The average molecular weight is 625 g/mol. The van der Waals surface area contributed by atoms with Crippen molar-refractivity contribution < 1.29 is 10.2 Å². The number of aryl methyl sites for hydroxylation is 1. The summed E-state index contributed by atoms with van der Waals surface area (Å²) < 4.78 is 2.12. The molecule has 7 nitrogen and oxygen atoms in total. The highest BCUT2D eigenvalue weighted by Gasteiger charge is 2.11. The molecule has 11 heteroatoms. The summed E-state index contributed by atoms with van der Waals surface area (Å²) in [5, 5.41) is 25.8. The van der Waals surface area contributed by atoms with Gasteiger partial charge in [-0.2, -0.15) is 15.0 Å². The Labute approximate surface area is 188 Å². The van der Waals surface area contributed by atoms with Gasteiger partial charge in [-0.15, -0.1) is 0 Å². The highest BCUT2D eigenvalue weighted by molar-refractivity contribution is 9.11. The lowest BCUT2D eigenvalue weighted by Gasteiger charge is -2.11. The number of phenols is 2. The van der Waals surface area contributed by atoms with E-state index >= 15 is 0 Å². The number of aromatic nitrogens is 3. The molecule has 0 aliphatic carbocycles. The van der Waals surface area contributed by atoms with E-state index < -0.39 is 0 Å². The molecule has 1 aromatic heterocycles. The molecular formula is C16H11Br4N5O2. The van der Waals surface area contributed by atoms with Crippen LogP contribution >= 0.6 is 63.7 Å². The first-order chi connectivity index (χ1) is 12.7. The Balaban J connectivity index is 1.89. The van der Waals surface area contributed by atoms with Gasteiger partial charge in [-0.3, -0.25) is 0 Å². The van der Waals surface area contributed by atoms with Crippen LogP contribution in [-0.2, 0) is 0 Å². The summed E-state index contributed by atoms with van der Waals surface area (Å²) in [6, 6.07) is 6.84. The van der Waals surface area contributed by atoms with Crippen LogP contribution in [-0.4, -0.2) is 25.2 Å². The molecule has 140 valence electrons. The molecule has 2 aromatic carbocycles. The molecule has 0 bridgehead atoms. The molecule has 4 N–H and O–H groups in total. The Morgan fingerprint density at radius 2 is 1.00 bits per heavy atom. The normalized spacial score (nSPS) is 10.7. The van der Waals surface area contributed by atoms with Crippen molar-refractivity contribution in [2.75, 3.05) is 10.6 Å². The lowest BCUT2D eigenvalue weighted by atomic mass is 10.3. The first-order valence-corrected chi connectivity index (χ1v) is 10.5. The van der Waals surface area contributed by atoms with Gasteiger partial charge < -0.3 is 20.8 Å². The van der Waals surface area contributed by atoms with Gasteiger partial charge in [-0.05, 0) is 94.9 Å². The number of halogens is 4. The van der Waals surface area contributed by atoms with E-state index in [9.17, 15) is 10.2 Å². The topological polar surface area (TPSA) is 103 Å². The van der Waals surface area contributed by atoms with Crippen LogP contribution in [0.1, 0.15) is 5.82 Å². The number of anilines is 4. The molecule has 0 aliphatic heterocycles. The van der Waals surface area contributed by atoms with Crippen molar-refractivity contribution in [1.82, 2.24) is 15.0 Å². The standard InChI is InChI=1S/C16H11Br4N5O2/c1-6-21-15(23-7-2-9(17)13(26)10(18)3-7)25-16(22-6)24-8-4-11(19)14(27)12(20)5-8/h2-5,26-27H,1H3,(H2,21,22,23,24,25). The largest absolute Gasteiger partial charge is 0.506 e. The molecule has 0 amide bonds. The minimum atomic E-state index is 0.109. The number of hydrogen-bond donors (Lipinski definition) is 4. The molecule has 1 heterocycles. The zero-order valence-electron chi connectivity index (χ0n) is 13.6. The van der Waals surface area contributed by atoms with Gasteiger partial charge in [0.15, 0.2) is 0 Å². The van der Waals surface area contributed by atoms with Gasteiger partial charge in [0.1, 0.15) is 17.3 Å². The second-order valence-electron chi connectivity index (χ2n) is 5.36. The predicted molar refractivity (Wildman–Crippen MR) is 118 cm³/mol. The summed E-state index contributed by atoms with van der Waals surface area (Å²) in [5.41, 5.74) is 1.36.